The quantitative estimate of drug-likeness (QED) is 0.702. The molecule has 0 aliphatic carbocycles. The predicted octanol–water partition coefficient (Wildman–Crippen LogP) is 5.23. The van der Waals surface area contributed by atoms with Crippen molar-refractivity contribution in [1.82, 2.24) is 0 Å². The molecule has 110 valence electrons. The molecule has 2 aromatic carbocycles. The van der Waals surface area contributed by atoms with Crippen molar-refractivity contribution in [3.05, 3.63) is 77.2 Å². The Hall–Kier alpha value is -2.39. The molecule has 1 N–H and O–H groups in total. The highest BCUT2D eigenvalue weighted by atomic mass is 32.1. The zero-order valence-corrected chi connectivity index (χ0v) is 13.2. The van der Waals surface area contributed by atoms with E-state index in [0.29, 0.717) is 5.56 Å². The SMILES string of the molecule is CCc1ccc(C(=O)Nc2ccccc2-c2cccs2)cc1. The van der Waals surface area contributed by atoms with E-state index in [1.807, 2.05) is 60.0 Å². The van der Waals surface area contributed by atoms with E-state index in [-0.39, 0.29) is 5.91 Å². The lowest BCUT2D eigenvalue weighted by atomic mass is 10.1. The van der Waals surface area contributed by atoms with Crippen LogP contribution in [0.15, 0.2) is 66.0 Å². The van der Waals surface area contributed by atoms with E-state index >= 15 is 0 Å². The number of nitrogens with one attached hydrogen (secondary N) is 1. The summed E-state index contributed by atoms with van der Waals surface area (Å²) in [5, 5.41) is 5.06. The number of para-hydroxylation sites is 1. The van der Waals surface area contributed by atoms with Gasteiger partial charge in [0.1, 0.15) is 0 Å². The van der Waals surface area contributed by atoms with E-state index in [9.17, 15) is 4.79 Å². The lowest BCUT2D eigenvalue weighted by Gasteiger charge is -2.10. The Morgan fingerprint density at radius 1 is 1.00 bits per heavy atom. The molecule has 3 aromatic rings. The fraction of sp³-hybridized carbons (Fsp3) is 0.105. The third kappa shape index (κ3) is 3.10. The van der Waals surface area contributed by atoms with Crippen molar-refractivity contribution >= 4 is 22.9 Å². The molecule has 0 spiro atoms. The Kier molecular flexibility index (Phi) is 4.35. The molecule has 1 aromatic heterocycles. The third-order valence-electron chi connectivity index (χ3n) is 3.59. The van der Waals surface area contributed by atoms with Crippen molar-refractivity contribution < 1.29 is 4.79 Å². The lowest BCUT2D eigenvalue weighted by molar-refractivity contribution is 0.102. The Morgan fingerprint density at radius 2 is 1.77 bits per heavy atom. The molecule has 0 radical (unpaired) electrons. The topological polar surface area (TPSA) is 29.1 Å². The number of carbonyl (C=O) groups is 1. The summed E-state index contributed by atoms with van der Waals surface area (Å²) >= 11 is 1.67. The van der Waals surface area contributed by atoms with Gasteiger partial charge in [-0.2, -0.15) is 0 Å². The molecule has 22 heavy (non-hydrogen) atoms. The van der Waals surface area contributed by atoms with E-state index in [2.05, 4.69) is 18.3 Å². The highest BCUT2D eigenvalue weighted by molar-refractivity contribution is 7.13. The predicted molar refractivity (Wildman–Crippen MR) is 93.5 cm³/mol. The van der Waals surface area contributed by atoms with E-state index in [4.69, 9.17) is 0 Å². The van der Waals surface area contributed by atoms with Crippen molar-refractivity contribution in [2.75, 3.05) is 5.32 Å². The highest BCUT2D eigenvalue weighted by Gasteiger charge is 2.10. The van der Waals surface area contributed by atoms with Gasteiger partial charge >= 0.3 is 0 Å². The molecule has 1 amide bonds. The van der Waals surface area contributed by atoms with Crippen LogP contribution >= 0.6 is 11.3 Å². The van der Waals surface area contributed by atoms with Gasteiger partial charge in [0.15, 0.2) is 0 Å². The van der Waals surface area contributed by atoms with E-state index < -0.39 is 0 Å². The van der Waals surface area contributed by atoms with Gasteiger partial charge in [-0.3, -0.25) is 4.79 Å². The number of aryl methyl sites for hydroxylation is 1. The second-order valence-electron chi connectivity index (χ2n) is 5.03. The molecule has 0 saturated heterocycles. The maximum Gasteiger partial charge on any atom is 0.255 e. The second kappa shape index (κ2) is 6.58. The molecule has 0 unspecified atom stereocenters. The molecule has 0 aliphatic heterocycles. The highest BCUT2D eigenvalue weighted by Crippen LogP contribution is 2.31. The van der Waals surface area contributed by atoms with Gasteiger partial charge in [-0.05, 0) is 41.6 Å². The summed E-state index contributed by atoms with van der Waals surface area (Å²) in [6.45, 7) is 2.10. The number of hydrogen-bond donors (Lipinski definition) is 1. The molecule has 2 nitrogen and oxygen atoms in total. The maximum absolute atomic E-state index is 12.4. The zero-order valence-electron chi connectivity index (χ0n) is 12.4. The van der Waals surface area contributed by atoms with Gasteiger partial charge in [-0.15, -0.1) is 11.3 Å². The minimum Gasteiger partial charge on any atom is -0.321 e. The zero-order chi connectivity index (χ0) is 15.4. The number of benzene rings is 2. The van der Waals surface area contributed by atoms with Crippen LogP contribution in [0.5, 0.6) is 0 Å². The van der Waals surface area contributed by atoms with Crippen LogP contribution in [-0.2, 0) is 6.42 Å². The summed E-state index contributed by atoms with van der Waals surface area (Å²) in [5.74, 6) is -0.0772. The van der Waals surface area contributed by atoms with Crippen LogP contribution in [0, 0.1) is 0 Å². The van der Waals surface area contributed by atoms with Crippen molar-refractivity contribution in [2.45, 2.75) is 13.3 Å². The van der Waals surface area contributed by atoms with Crippen LogP contribution in [0.4, 0.5) is 5.69 Å². The fourth-order valence-electron chi connectivity index (χ4n) is 2.33. The van der Waals surface area contributed by atoms with E-state index in [0.717, 1.165) is 22.5 Å². The summed E-state index contributed by atoms with van der Waals surface area (Å²) in [5.41, 5.74) is 3.80. The van der Waals surface area contributed by atoms with Crippen LogP contribution in [0.25, 0.3) is 10.4 Å². The molecule has 3 rings (SSSR count). The first-order chi connectivity index (χ1) is 10.8. The van der Waals surface area contributed by atoms with Crippen molar-refractivity contribution in [3.8, 4) is 10.4 Å². The molecule has 1 heterocycles. The monoisotopic (exact) mass is 307 g/mol. The number of thiophene rings is 1. The van der Waals surface area contributed by atoms with Gasteiger partial charge in [-0.1, -0.05) is 43.3 Å². The summed E-state index contributed by atoms with van der Waals surface area (Å²) in [6, 6.07) is 19.7. The van der Waals surface area contributed by atoms with E-state index in [1.54, 1.807) is 11.3 Å². The standard InChI is InChI=1S/C19H17NOS/c1-2-14-9-11-15(12-10-14)19(21)20-17-7-4-3-6-16(17)18-8-5-13-22-18/h3-13H,2H2,1H3,(H,20,21). The van der Waals surface area contributed by atoms with Crippen molar-refractivity contribution in [3.63, 3.8) is 0 Å². The largest absolute Gasteiger partial charge is 0.321 e. The lowest BCUT2D eigenvalue weighted by Crippen LogP contribution is -2.12. The molecular weight excluding hydrogens is 290 g/mol. The van der Waals surface area contributed by atoms with E-state index in [1.165, 1.54) is 5.56 Å². The molecule has 0 atom stereocenters. The normalized spacial score (nSPS) is 10.4. The summed E-state index contributed by atoms with van der Waals surface area (Å²) in [7, 11) is 0. The Bertz CT molecular complexity index is 760. The first kappa shape index (κ1) is 14.5. The molecule has 0 bridgehead atoms. The summed E-state index contributed by atoms with van der Waals surface area (Å²) in [6.07, 6.45) is 0.975. The number of anilines is 1. The van der Waals surface area contributed by atoms with Gasteiger partial charge < -0.3 is 5.32 Å². The van der Waals surface area contributed by atoms with Crippen LogP contribution in [0.1, 0.15) is 22.8 Å². The molecule has 0 saturated carbocycles. The molecule has 0 fully saturated rings. The first-order valence-corrected chi connectivity index (χ1v) is 8.19. The van der Waals surface area contributed by atoms with Gasteiger partial charge in [-0.25, -0.2) is 0 Å². The Balaban J connectivity index is 1.85. The fourth-order valence-corrected chi connectivity index (χ4v) is 3.09. The van der Waals surface area contributed by atoms with Crippen LogP contribution in [0.3, 0.4) is 0 Å². The third-order valence-corrected chi connectivity index (χ3v) is 4.49. The summed E-state index contributed by atoms with van der Waals surface area (Å²) in [4.78, 5) is 13.6. The van der Waals surface area contributed by atoms with Gasteiger partial charge in [0.05, 0.1) is 0 Å². The van der Waals surface area contributed by atoms with Gasteiger partial charge in [0.2, 0.25) is 0 Å². The number of carbonyl (C=O) groups excluding carboxylic acids is 1. The average Bonchev–Trinajstić information content (AvgIpc) is 3.10. The average molecular weight is 307 g/mol. The first-order valence-electron chi connectivity index (χ1n) is 7.31. The Labute approximate surface area is 134 Å². The van der Waals surface area contributed by atoms with Crippen LogP contribution < -0.4 is 5.32 Å². The minimum atomic E-state index is -0.0772. The Morgan fingerprint density at radius 3 is 2.45 bits per heavy atom. The minimum absolute atomic E-state index is 0.0772. The number of hydrogen-bond acceptors (Lipinski definition) is 2. The van der Waals surface area contributed by atoms with Crippen molar-refractivity contribution in [2.24, 2.45) is 0 Å². The molecular formula is C19H17NOS. The van der Waals surface area contributed by atoms with Crippen LogP contribution in [0.2, 0.25) is 0 Å². The summed E-state index contributed by atoms with van der Waals surface area (Å²) < 4.78 is 0. The number of rotatable bonds is 4. The van der Waals surface area contributed by atoms with Gasteiger partial charge in [0, 0.05) is 21.7 Å². The number of amides is 1. The molecule has 3 heteroatoms. The smallest absolute Gasteiger partial charge is 0.255 e. The van der Waals surface area contributed by atoms with Crippen molar-refractivity contribution in [1.29, 1.82) is 0 Å². The molecule has 0 aliphatic rings. The van der Waals surface area contributed by atoms with Gasteiger partial charge in [0.25, 0.3) is 5.91 Å². The second-order valence-corrected chi connectivity index (χ2v) is 5.98. The maximum atomic E-state index is 12.4. The van der Waals surface area contributed by atoms with Crippen LogP contribution in [-0.4, -0.2) is 5.91 Å².